The number of aromatic nitrogens is 1. The van der Waals surface area contributed by atoms with Gasteiger partial charge in [0.15, 0.2) is 9.84 Å². The number of anilines is 1. The van der Waals surface area contributed by atoms with Gasteiger partial charge in [0.25, 0.3) is 5.69 Å². The van der Waals surface area contributed by atoms with Gasteiger partial charge >= 0.3 is 0 Å². The first kappa shape index (κ1) is 16.7. The van der Waals surface area contributed by atoms with Crippen molar-refractivity contribution in [2.24, 2.45) is 0 Å². The summed E-state index contributed by atoms with van der Waals surface area (Å²) in [5.41, 5.74) is 0.0236. The average Bonchev–Trinajstić information content (AvgIpc) is 2.51. The molecule has 0 saturated carbocycles. The molecule has 0 saturated heterocycles. The van der Waals surface area contributed by atoms with E-state index in [0.29, 0.717) is 24.6 Å². The maximum absolute atomic E-state index is 11.7. The zero-order chi connectivity index (χ0) is 16.9. The van der Waals surface area contributed by atoms with Crippen LogP contribution in [0.25, 0.3) is 0 Å². The van der Waals surface area contributed by atoms with E-state index in [2.05, 4.69) is 10.3 Å². The van der Waals surface area contributed by atoms with Crippen LogP contribution < -0.4 is 10.1 Å². The molecule has 8 nitrogen and oxygen atoms in total. The van der Waals surface area contributed by atoms with E-state index in [4.69, 9.17) is 4.74 Å². The lowest BCUT2D eigenvalue weighted by Crippen LogP contribution is -2.12. The van der Waals surface area contributed by atoms with Gasteiger partial charge in [-0.1, -0.05) is 0 Å². The molecule has 0 aliphatic rings. The topological polar surface area (TPSA) is 111 Å². The zero-order valence-electron chi connectivity index (χ0n) is 12.3. The second-order valence-corrected chi connectivity index (χ2v) is 6.66. The predicted octanol–water partition coefficient (Wildman–Crippen LogP) is 1.88. The van der Waals surface area contributed by atoms with E-state index in [1.54, 1.807) is 24.5 Å². The van der Waals surface area contributed by atoms with Crippen LogP contribution in [0.3, 0.4) is 0 Å². The molecule has 0 aliphatic carbocycles. The van der Waals surface area contributed by atoms with Crippen molar-refractivity contribution in [3.05, 3.63) is 52.8 Å². The van der Waals surface area contributed by atoms with Crippen molar-refractivity contribution >= 4 is 21.2 Å². The average molecular weight is 337 g/mol. The van der Waals surface area contributed by atoms with Gasteiger partial charge in [0.2, 0.25) is 0 Å². The first-order valence-corrected chi connectivity index (χ1v) is 8.52. The molecule has 0 bridgehead atoms. The molecule has 122 valence electrons. The maximum Gasteiger partial charge on any atom is 0.288 e. The van der Waals surface area contributed by atoms with E-state index in [-0.39, 0.29) is 4.90 Å². The molecule has 2 aromatic rings. The summed E-state index contributed by atoms with van der Waals surface area (Å²) in [6.07, 6.45) is 4.15. The highest BCUT2D eigenvalue weighted by Gasteiger charge is 2.22. The van der Waals surface area contributed by atoms with Crippen molar-refractivity contribution in [2.75, 3.05) is 24.7 Å². The number of benzene rings is 1. The number of nitro benzene ring substituents is 1. The first-order chi connectivity index (χ1) is 10.9. The van der Waals surface area contributed by atoms with E-state index >= 15 is 0 Å². The Hall–Kier alpha value is -2.68. The second-order valence-electron chi connectivity index (χ2n) is 4.68. The van der Waals surface area contributed by atoms with E-state index in [0.717, 1.165) is 6.26 Å². The molecule has 0 fully saturated rings. The van der Waals surface area contributed by atoms with Crippen LogP contribution in [0.1, 0.15) is 0 Å². The highest BCUT2D eigenvalue weighted by molar-refractivity contribution is 7.90. The van der Waals surface area contributed by atoms with E-state index < -0.39 is 20.4 Å². The number of pyridine rings is 1. The number of nitrogens with zero attached hydrogens (tertiary/aromatic N) is 2. The monoisotopic (exact) mass is 337 g/mol. The largest absolute Gasteiger partial charge is 0.490 e. The molecule has 2 rings (SSSR count). The highest BCUT2D eigenvalue weighted by atomic mass is 32.2. The van der Waals surface area contributed by atoms with Crippen molar-refractivity contribution in [3.63, 3.8) is 0 Å². The molecule has 0 spiro atoms. The number of nitrogens with one attached hydrogen (secondary N) is 1. The molecule has 0 radical (unpaired) electrons. The Morgan fingerprint density at radius 3 is 2.74 bits per heavy atom. The van der Waals surface area contributed by atoms with Crippen LogP contribution in [0.4, 0.5) is 11.4 Å². The third-order valence-corrected chi connectivity index (χ3v) is 4.02. The van der Waals surface area contributed by atoms with E-state index in [1.165, 1.54) is 18.2 Å². The van der Waals surface area contributed by atoms with Crippen LogP contribution in [0.5, 0.6) is 5.75 Å². The van der Waals surface area contributed by atoms with Crippen LogP contribution in [0.2, 0.25) is 0 Å². The summed E-state index contributed by atoms with van der Waals surface area (Å²) >= 11 is 0. The smallest absolute Gasteiger partial charge is 0.288 e. The van der Waals surface area contributed by atoms with Crippen LogP contribution >= 0.6 is 0 Å². The van der Waals surface area contributed by atoms with Gasteiger partial charge in [-0.15, -0.1) is 0 Å². The third-order valence-electron chi connectivity index (χ3n) is 2.89. The van der Waals surface area contributed by atoms with Crippen molar-refractivity contribution in [2.45, 2.75) is 4.90 Å². The zero-order valence-corrected chi connectivity index (χ0v) is 13.1. The normalized spacial score (nSPS) is 11.0. The summed E-state index contributed by atoms with van der Waals surface area (Å²) in [5.74, 6) is 0.620. The van der Waals surface area contributed by atoms with Crippen molar-refractivity contribution < 1.29 is 18.1 Å². The van der Waals surface area contributed by atoms with Crippen LogP contribution in [-0.2, 0) is 9.84 Å². The van der Waals surface area contributed by atoms with Crippen LogP contribution in [0.15, 0.2) is 47.6 Å². The Kier molecular flexibility index (Phi) is 5.12. The minimum Gasteiger partial charge on any atom is -0.490 e. The Labute approximate surface area is 133 Å². The Morgan fingerprint density at radius 1 is 1.35 bits per heavy atom. The quantitative estimate of drug-likeness (QED) is 0.466. The van der Waals surface area contributed by atoms with Gasteiger partial charge in [0.1, 0.15) is 17.3 Å². The minimum absolute atomic E-state index is 0.319. The van der Waals surface area contributed by atoms with Gasteiger partial charge in [-0.2, -0.15) is 0 Å². The number of rotatable bonds is 7. The highest BCUT2D eigenvalue weighted by Crippen LogP contribution is 2.26. The van der Waals surface area contributed by atoms with E-state index in [1.807, 2.05) is 0 Å². The van der Waals surface area contributed by atoms with E-state index in [9.17, 15) is 18.5 Å². The Balaban J connectivity index is 2.02. The van der Waals surface area contributed by atoms with Gasteiger partial charge < -0.3 is 10.1 Å². The number of sulfone groups is 1. The minimum atomic E-state index is -3.70. The second kappa shape index (κ2) is 7.05. The van der Waals surface area contributed by atoms with Gasteiger partial charge in [-0.05, 0) is 24.3 Å². The van der Waals surface area contributed by atoms with Gasteiger partial charge in [0, 0.05) is 30.8 Å². The lowest BCUT2D eigenvalue weighted by atomic mass is 10.3. The van der Waals surface area contributed by atoms with Crippen LogP contribution in [-0.4, -0.2) is 37.7 Å². The summed E-state index contributed by atoms with van der Waals surface area (Å²) in [7, 11) is -3.70. The lowest BCUT2D eigenvalue weighted by Gasteiger charge is -2.09. The Bertz CT molecular complexity index is 793. The van der Waals surface area contributed by atoms with Gasteiger partial charge in [-0.25, -0.2) is 8.42 Å². The predicted molar refractivity (Wildman–Crippen MR) is 84.4 cm³/mol. The molecule has 1 N–H and O–H groups in total. The molecule has 23 heavy (non-hydrogen) atoms. The molecule has 1 heterocycles. The molecule has 9 heteroatoms. The molecular weight excluding hydrogens is 322 g/mol. The summed E-state index contributed by atoms with van der Waals surface area (Å²) in [5, 5.41) is 13.9. The fourth-order valence-corrected chi connectivity index (χ4v) is 2.73. The standard InChI is InChI=1S/C14H15N3O5S/c1-23(20,21)14-9-11(4-5-13(14)17(18)19)16-7-8-22-12-3-2-6-15-10-12/h2-6,9-10,16H,7-8H2,1H3. The molecule has 0 unspecified atom stereocenters. The molecule has 1 aromatic heterocycles. The van der Waals surface area contributed by atoms with Gasteiger partial charge in [-0.3, -0.25) is 15.1 Å². The van der Waals surface area contributed by atoms with Gasteiger partial charge in [0.05, 0.1) is 11.1 Å². The summed E-state index contributed by atoms with van der Waals surface area (Å²) < 4.78 is 28.8. The summed E-state index contributed by atoms with van der Waals surface area (Å²) in [4.78, 5) is 13.8. The number of hydrogen-bond donors (Lipinski definition) is 1. The third kappa shape index (κ3) is 4.65. The lowest BCUT2D eigenvalue weighted by molar-refractivity contribution is -0.387. The van der Waals surface area contributed by atoms with Crippen LogP contribution in [0, 0.1) is 10.1 Å². The van der Waals surface area contributed by atoms with Crippen molar-refractivity contribution in [1.82, 2.24) is 4.98 Å². The SMILES string of the molecule is CS(=O)(=O)c1cc(NCCOc2cccnc2)ccc1[N+](=O)[O-]. The number of nitro groups is 1. The molecule has 1 aromatic carbocycles. The fourth-order valence-electron chi connectivity index (χ4n) is 1.87. The van der Waals surface area contributed by atoms with Crippen molar-refractivity contribution in [1.29, 1.82) is 0 Å². The summed E-state index contributed by atoms with van der Waals surface area (Å²) in [6, 6.07) is 7.38. The fraction of sp³-hybridized carbons (Fsp3) is 0.214. The molecule has 0 amide bonds. The Morgan fingerprint density at radius 2 is 2.13 bits per heavy atom. The number of hydrogen-bond acceptors (Lipinski definition) is 7. The molecular formula is C14H15N3O5S. The van der Waals surface area contributed by atoms with Crippen molar-refractivity contribution in [3.8, 4) is 5.75 Å². The maximum atomic E-state index is 11.7. The molecule has 0 atom stereocenters. The number of ether oxygens (including phenoxy) is 1. The summed E-state index contributed by atoms with van der Waals surface area (Å²) in [6.45, 7) is 0.729. The molecule has 0 aliphatic heterocycles. The first-order valence-electron chi connectivity index (χ1n) is 6.63.